The number of aliphatic hydroxyl groups excluding tert-OH is 1. The molecule has 1 rings (SSSR count). The minimum absolute atomic E-state index is 0.0255. The number of allylic oxidation sites excluding steroid dienone is 1. The molecule has 0 spiro atoms. The van der Waals surface area contributed by atoms with Gasteiger partial charge in [-0.1, -0.05) is 46.1 Å². The van der Waals surface area contributed by atoms with Crippen LogP contribution in [0.1, 0.15) is 41.5 Å². The van der Waals surface area contributed by atoms with Crippen molar-refractivity contribution in [3.8, 4) is 0 Å². The first-order valence-electron chi connectivity index (χ1n) is 4.97. The summed E-state index contributed by atoms with van der Waals surface area (Å²) < 4.78 is 11.7. The van der Waals surface area contributed by atoms with Gasteiger partial charge in [0, 0.05) is 5.41 Å². The van der Waals surface area contributed by atoms with Gasteiger partial charge < -0.3 is 5.11 Å². The Morgan fingerprint density at radius 1 is 1.14 bits per heavy atom. The highest BCUT2D eigenvalue weighted by molar-refractivity contribution is 7.52. The normalized spacial score (nSPS) is 26.4. The molecule has 0 saturated heterocycles. The van der Waals surface area contributed by atoms with Gasteiger partial charge in [0.25, 0.3) is 0 Å². The Morgan fingerprint density at radius 2 is 1.57 bits per heavy atom. The van der Waals surface area contributed by atoms with Gasteiger partial charge in [-0.05, 0) is 5.41 Å². The molecule has 80 valence electrons. The lowest BCUT2D eigenvalue weighted by Crippen LogP contribution is -2.37. The van der Waals surface area contributed by atoms with Crippen molar-refractivity contribution in [2.24, 2.45) is 10.8 Å². The van der Waals surface area contributed by atoms with Gasteiger partial charge in [-0.25, -0.2) is 0 Å². The van der Waals surface area contributed by atoms with Gasteiger partial charge in [-0.2, -0.15) is 0 Å². The van der Waals surface area contributed by atoms with Crippen molar-refractivity contribution in [3.05, 3.63) is 11.1 Å². The van der Waals surface area contributed by atoms with Gasteiger partial charge in [-0.3, -0.25) is 0 Å². The third kappa shape index (κ3) is 1.72. The van der Waals surface area contributed by atoms with E-state index >= 15 is 0 Å². The molecule has 1 N–H and O–H groups in total. The van der Waals surface area contributed by atoms with Crippen LogP contribution in [0.25, 0.3) is 0 Å². The Labute approximate surface area is 87.2 Å². The molecular formula is C11H20O2P+. The summed E-state index contributed by atoms with van der Waals surface area (Å²) in [4.78, 5) is 0. The summed E-state index contributed by atoms with van der Waals surface area (Å²) in [7, 11) is -1.55. The van der Waals surface area contributed by atoms with Crippen molar-refractivity contribution >= 4 is 7.80 Å². The van der Waals surface area contributed by atoms with Crippen LogP contribution in [-0.2, 0) is 4.57 Å². The lowest BCUT2D eigenvalue weighted by Gasteiger charge is -2.35. The van der Waals surface area contributed by atoms with Crippen LogP contribution in [-0.4, -0.2) is 10.8 Å². The van der Waals surface area contributed by atoms with Crippen LogP contribution in [0.4, 0.5) is 0 Å². The van der Waals surface area contributed by atoms with Crippen LogP contribution < -0.4 is 0 Å². The topological polar surface area (TPSA) is 37.3 Å². The van der Waals surface area contributed by atoms with Crippen LogP contribution in [0, 0.1) is 10.8 Å². The number of hydrogen-bond acceptors (Lipinski definition) is 2. The summed E-state index contributed by atoms with van der Waals surface area (Å²) >= 11 is 0. The van der Waals surface area contributed by atoms with Gasteiger partial charge in [0.15, 0.2) is 5.66 Å². The quantitative estimate of drug-likeness (QED) is 0.619. The van der Waals surface area contributed by atoms with E-state index < -0.39 is 7.80 Å². The fourth-order valence-electron chi connectivity index (χ4n) is 1.94. The highest BCUT2D eigenvalue weighted by atomic mass is 31.1. The molecule has 1 heterocycles. The maximum atomic E-state index is 11.7. The molecule has 0 bridgehead atoms. The van der Waals surface area contributed by atoms with E-state index in [-0.39, 0.29) is 22.0 Å². The van der Waals surface area contributed by atoms with E-state index in [2.05, 4.69) is 41.5 Å². The van der Waals surface area contributed by atoms with Crippen LogP contribution >= 0.6 is 7.80 Å². The van der Waals surface area contributed by atoms with Gasteiger partial charge in [0.05, 0.1) is 5.57 Å². The van der Waals surface area contributed by atoms with Crippen molar-refractivity contribution in [2.45, 2.75) is 47.2 Å². The number of hydrogen-bond donors (Lipinski definition) is 1. The van der Waals surface area contributed by atoms with E-state index in [4.69, 9.17) is 0 Å². The van der Waals surface area contributed by atoms with Gasteiger partial charge in [0.2, 0.25) is 0 Å². The zero-order valence-corrected chi connectivity index (χ0v) is 10.8. The average Bonchev–Trinajstić information content (AvgIpc) is 1.93. The number of aliphatic hydroxyl groups is 1. The molecule has 0 fully saturated rings. The molecule has 0 aliphatic carbocycles. The van der Waals surface area contributed by atoms with E-state index in [9.17, 15) is 9.67 Å². The van der Waals surface area contributed by atoms with Crippen LogP contribution in [0.15, 0.2) is 11.1 Å². The maximum absolute atomic E-state index is 11.7. The second kappa shape index (κ2) is 3.06. The van der Waals surface area contributed by atoms with E-state index in [1.165, 1.54) is 0 Å². The zero-order valence-electron chi connectivity index (χ0n) is 9.88. The molecule has 2 atom stereocenters. The van der Waals surface area contributed by atoms with Crippen molar-refractivity contribution < 1.29 is 9.67 Å². The molecule has 0 aromatic heterocycles. The Hall–Kier alpha value is -0.360. The zero-order chi connectivity index (χ0) is 11.3. The Balaban J connectivity index is 3.13. The molecule has 2 nitrogen and oxygen atoms in total. The van der Waals surface area contributed by atoms with E-state index in [0.29, 0.717) is 0 Å². The fraction of sp³-hybridized carbons (Fsp3) is 0.818. The molecule has 0 aromatic carbocycles. The van der Waals surface area contributed by atoms with Crippen molar-refractivity contribution in [1.29, 1.82) is 0 Å². The predicted molar refractivity (Wildman–Crippen MR) is 60.0 cm³/mol. The van der Waals surface area contributed by atoms with Crippen molar-refractivity contribution in [1.82, 2.24) is 0 Å². The molecule has 0 radical (unpaired) electrons. The van der Waals surface area contributed by atoms with Crippen molar-refractivity contribution in [2.75, 3.05) is 0 Å². The summed E-state index contributed by atoms with van der Waals surface area (Å²) in [5.74, 6) is 0. The van der Waals surface area contributed by atoms with Crippen LogP contribution in [0.5, 0.6) is 0 Å². The molecule has 1 aliphatic rings. The monoisotopic (exact) mass is 215 g/mol. The highest BCUT2D eigenvalue weighted by Crippen LogP contribution is 2.62. The van der Waals surface area contributed by atoms with Crippen LogP contribution in [0.3, 0.4) is 0 Å². The van der Waals surface area contributed by atoms with Gasteiger partial charge >= 0.3 is 13.3 Å². The average molecular weight is 215 g/mol. The maximum Gasteiger partial charge on any atom is 0.423 e. The third-order valence-electron chi connectivity index (χ3n) is 2.59. The minimum atomic E-state index is -1.55. The molecular weight excluding hydrogens is 195 g/mol. The SMILES string of the molecule is CC(C)(C)C1=C(O)[P+](=O)[C@H]1C(C)(C)C. The summed E-state index contributed by atoms with van der Waals surface area (Å²) in [5, 5.41) is 9.64. The van der Waals surface area contributed by atoms with E-state index in [0.717, 1.165) is 5.57 Å². The largest absolute Gasteiger partial charge is 0.474 e. The molecule has 0 saturated carbocycles. The first kappa shape index (κ1) is 11.7. The fourth-order valence-corrected chi connectivity index (χ4v) is 4.14. The molecule has 0 amide bonds. The Morgan fingerprint density at radius 3 is 1.79 bits per heavy atom. The third-order valence-corrected chi connectivity index (χ3v) is 4.75. The number of rotatable bonds is 0. The second-order valence-electron chi connectivity index (χ2n) is 6.08. The van der Waals surface area contributed by atoms with Gasteiger partial charge in [-0.15, -0.1) is 0 Å². The lowest BCUT2D eigenvalue weighted by molar-refractivity contribution is 0.308. The second-order valence-corrected chi connectivity index (χ2v) is 7.67. The highest BCUT2D eigenvalue weighted by Gasteiger charge is 2.61. The molecule has 14 heavy (non-hydrogen) atoms. The summed E-state index contributed by atoms with van der Waals surface area (Å²) in [6.45, 7) is 12.4. The smallest absolute Gasteiger partial charge is 0.423 e. The minimum Gasteiger partial charge on any atom is -0.474 e. The van der Waals surface area contributed by atoms with Crippen molar-refractivity contribution in [3.63, 3.8) is 0 Å². The Bertz CT molecular complexity index is 302. The first-order chi connectivity index (χ1) is 6.07. The van der Waals surface area contributed by atoms with E-state index in [1.807, 2.05) is 0 Å². The van der Waals surface area contributed by atoms with Gasteiger partial charge in [0.1, 0.15) is 0 Å². The van der Waals surface area contributed by atoms with Crippen LogP contribution in [0.2, 0.25) is 0 Å². The molecule has 1 aliphatic heterocycles. The Kier molecular flexibility index (Phi) is 2.56. The first-order valence-corrected chi connectivity index (χ1v) is 6.29. The summed E-state index contributed by atoms with van der Waals surface area (Å²) in [6.07, 6.45) is 0. The van der Waals surface area contributed by atoms with E-state index in [1.54, 1.807) is 0 Å². The molecule has 1 unspecified atom stereocenters. The summed E-state index contributed by atoms with van der Waals surface area (Å²) in [6, 6.07) is 0. The standard InChI is InChI=1S/C11H19O2P/c1-10(2,3)7-8(11(4,5)6)14(13)9(7)12/h8H,1-6H3/p+1/t8-/m1/s1. The summed E-state index contributed by atoms with van der Waals surface area (Å²) in [5.41, 5.74) is 1.06. The lowest BCUT2D eigenvalue weighted by atomic mass is 9.76. The predicted octanol–water partition coefficient (Wildman–Crippen LogP) is 4.06. The molecule has 0 aromatic rings. The molecule has 3 heteroatoms.